The van der Waals surface area contributed by atoms with E-state index in [9.17, 15) is 4.79 Å². The van der Waals surface area contributed by atoms with Crippen LogP contribution in [0.1, 0.15) is 53.0 Å². The summed E-state index contributed by atoms with van der Waals surface area (Å²) in [4.78, 5) is 16.5. The summed E-state index contributed by atoms with van der Waals surface area (Å²) in [6.07, 6.45) is 0.639. The Kier molecular flexibility index (Phi) is 12.6. The number of ether oxygens (including phenoxy) is 1. The molecule has 0 aliphatic carbocycles. The topological polar surface area (TPSA) is 35.1 Å². The number of thiocarbonyl (C=S) groups is 1. The molecule has 0 saturated carbocycles. The number of benzene rings is 1. The molecule has 1 atom stereocenters. The number of nitrogens with one attached hydrogen (secondary N) is 1. The Balaban J connectivity index is 0.00000729. The second-order valence-corrected chi connectivity index (χ2v) is 9.56. The Labute approximate surface area is 185 Å². The zero-order valence-electron chi connectivity index (χ0n) is 17.3. The number of halogens is 1. The van der Waals surface area contributed by atoms with Crippen LogP contribution in [0.3, 0.4) is 0 Å². The molecule has 0 aliphatic rings. The van der Waals surface area contributed by atoms with Crippen molar-refractivity contribution in [3.8, 4) is 0 Å². The average Bonchev–Trinajstić information content (AvgIpc) is 2.63. The maximum Gasteiger partial charge on any atom is 0.306 e. The summed E-state index contributed by atoms with van der Waals surface area (Å²) in [6.45, 7) is 19.3. The monoisotopic (exact) mass is 442 g/mol. The van der Waals surface area contributed by atoms with Gasteiger partial charge in [0.25, 0.3) is 4.87 Å². The molecule has 1 aromatic rings. The van der Waals surface area contributed by atoms with E-state index in [0.29, 0.717) is 29.3 Å². The van der Waals surface area contributed by atoms with Gasteiger partial charge in [0.15, 0.2) is 0 Å². The lowest BCUT2D eigenvalue weighted by molar-refractivity contribution is -0.942. The Hall–Kier alpha value is -1.13. The van der Waals surface area contributed by atoms with Gasteiger partial charge in [0.05, 0.1) is 22.7 Å². The van der Waals surface area contributed by atoms with E-state index in [2.05, 4.69) is 32.5 Å². The van der Waals surface area contributed by atoms with Crippen LogP contribution in [0.15, 0.2) is 30.3 Å². The van der Waals surface area contributed by atoms with Crippen molar-refractivity contribution in [3.63, 3.8) is 0 Å². The van der Waals surface area contributed by atoms with Crippen molar-refractivity contribution >= 4 is 34.1 Å². The smallest absolute Gasteiger partial charge is 0.306 e. The van der Waals surface area contributed by atoms with Crippen molar-refractivity contribution in [1.82, 2.24) is 0 Å². The van der Waals surface area contributed by atoms with Gasteiger partial charge in [-0.15, -0.1) is 0 Å². The maximum atomic E-state index is 12.1. The van der Waals surface area contributed by atoms with Gasteiger partial charge >= 0.3 is 5.97 Å². The van der Waals surface area contributed by atoms with Gasteiger partial charge in [0.2, 0.25) is 0 Å². The minimum atomic E-state index is -0.765. The van der Waals surface area contributed by atoms with Gasteiger partial charge in [-0.05, 0) is 45.0 Å². The first-order valence-electron chi connectivity index (χ1n) is 9.36. The number of carbonyl (C=O) groups excluding carboxylic acids is 1. The van der Waals surface area contributed by atoms with E-state index in [1.165, 1.54) is 16.7 Å². The highest BCUT2D eigenvalue weighted by Gasteiger charge is 2.34. The molecule has 1 rings (SSSR count). The van der Waals surface area contributed by atoms with E-state index >= 15 is 0 Å². The van der Waals surface area contributed by atoms with E-state index in [1.807, 2.05) is 37.3 Å². The fraction of sp³-hybridized carbons (Fsp3) is 0.571. The van der Waals surface area contributed by atoms with Crippen LogP contribution < -0.4 is 17.3 Å². The van der Waals surface area contributed by atoms with Crippen LogP contribution in [0.25, 0.3) is 4.85 Å². The summed E-state index contributed by atoms with van der Waals surface area (Å²) in [7, 11) is 0. The normalized spacial score (nSPS) is 13.0. The number of nitrogens with zero attached hydrogens (tertiary/aromatic N) is 1. The van der Waals surface area contributed by atoms with Crippen LogP contribution in [-0.2, 0) is 9.53 Å². The quantitative estimate of drug-likeness (QED) is 0.329. The van der Waals surface area contributed by atoms with Crippen molar-refractivity contribution in [1.29, 1.82) is 0 Å². The third kappa shape index (κ3) is 9.38. The molecule has 156 valence electrons. The predicted molar refractivity (Wildman–Crippen MR) is 117 cm³/mol. The van der Waals surface area contributed by atoms with E-state index in [4.69, 9.17) is 23.5 Å². The lowest BCUT2D eigenvalue weighted by Gasteiger charge is -2.27. The second-order valence-electron chi connectivity index (χ2n) is 7.40. The van der Waals surface area contributed by atoms with Crippen molar-refractivity contribution in [2.75, 3.05) is 13.2 Å². The molecule has 0 bridgehead atoms. The van der Waals surface area contributed by atoms with Gasteiger partial charge in [-0.2, -0.15) is 0 Å². The molecule has 0 radical (unpaired) electrons. The molecular weight excluding hydrogens is 412 g/mol. The average molecular weight is 443 g/mol. The number of rotatable bonds is 10. The van der Waals surface area contributed by atoms with E-state index in [0.717, 1.165) is 12.1 Å². The molecule has 0 fully saturated rings. The Morgan fingerprint density at radius 1 is 1.25 bits per heavy atom. The molecule has 28 heavy (non-hydrogen) atoms. The van der Waals surface area contributed by atoms with E-state index in [1.54, 1.807) is 0 Å². The van der Waals surface area contributed by atoms with Crippen LogP contribution in [0.4, 0.5) is 0 Å². The maximum absolute atomic E-state index is 12.1. The largest absolute Gasteiger partial charge is 1.00 e. The molecule has 1 unspecified atom stereocenters. The lowest BCUT2D eigenvalue weighted by atomic mass is 10.2. The molecule has 1 N–H and O–H groups in total. The standard InChI is InChI=1S/C21H30N2O2S2.ClH/c1-16(2)23(17(3)4)14-15-25-19(24)12-13-21(5,22-6)27-20(26)18-10-8-7-9-11-18;/h7-11,16-17H,12-15H2,1-5H3;1H. The highest BCUT2D eigenvalue weighted by molar-refractivity contribution is 8.24. The molecule has 4 nitrogen and oxygen atoms in total. The van der Waals surface area contributed by atoms with Crippen molar-refractivity contribution in [3.05, 3.63) is 47.3 Å². The van der Waals surface area contributed by atoms with Crippen LogP contribution >= 0.6 is 24.0 Å². The Morgan fingerprint density at radius 3 is 2.32 bits per heavy atom. The fourth-order valence-electron chi connectivity index (χ4n) is 2.90. The molecule has 1 aromatic carbocycles. The van der Waals surface area contributed by atoms with Gasteiger partial charge < -0.3 is 22.0 Å². The first-order chi connectivity index (χ1) is 12.7. The molecule has 0 aliphatic heterocycles. The summed E-state index contributed by atoms with van der Waals surface area (Å²) in [5.41, 5.74) is 0.931. The van der Waals surface area contributed by atoms with Gasteiger partial charge in [-0.1, -0.05) is 42.5 Å². The molecule has 0 spiro atoms. The summed E-state index contributed by atoms with van der Waals surface area (Å²) in [6, 6.07) is 10.6. The number of carbonyl (C=O) groups is 1. The molecule has 7 heteroatoms. The van der Waals surface area contributed by atoms with Crippen LogP contribution in [0.2, 0.25) is 0 Å². The highest BCUT2D eigenvalue weighted by atomic mass is 35.5. The van der Waals surface area contributed by atoms with E-state index in [-0.39, 0.29) is 24.8 Å². The second kappa shape index (κ2) is 13.2. The highest BCUT2D eigenvalue weighted by Crippen LogP contribution is 2.35. The summed E-state index contributed by atoms with van der Waals surface area (Å²) in [5, 5.41) is 0. The molecular formula is C21H31ClN2O2S2. The minimum Gasteiger partial charge on any atom is -1.00 e. The number of hydrogen-bond acceptors (Lipinski definition) is 4. The summed E-state index contributed by atoms with van der Waals surface area (Å²) < 4.78 is 6.07. The number of hydrogen-bond donors (Lipinski definition) is 1. The predicted octanol–water partition coefficient (Wildman–Crippen LogP) is 0.760. The van der Waals surface area contributed by atoms with Gasteiger partial charge in [-0.3, -0.25) is 9.64 Å². The Bertz CT molecular complexity index is 654. The zero-order valence-corrected chi connectivity index (χ0v) is 19.7. The SMILES string of the molecule is [C-]#[N+]C(C)(CCC(=O)OCC[NH+](C(C)C)C(C)C)SC(=S)c1ccccc1.[Cl-]. The first kappa shape index (κ1) is 26.9. The zero-order chi connectivity index (χ0) is 20.4. The van der Waals surface area contributed by atoms with Gasteiger partial charge in [0.1, 0.15) is 13.2 Å². The molecule has 0 saturated heterocycles. The number of esters is 1. The summed E-state index contributed by atoms with van der Waals surface area (Å²) in [5.74, 6) is -0.247. The fourth-order valence-corrected chi connectivity index (χ4v) is 4.47. The van der Waals surface area contributed by atoms with Crippen LogP contribution in [-0.4, -0.2) is 40.3 Å². The summed E-state index contributed by atoms with van der Waals surface area (Å²) >= 11 is 6.81. The van der Waals surface area contributed by atoms with Crippen LogP contribution in [0.5, 0.6) is 0 Å². The lowest BCUT2D eigenvalue weighted by Crippen LogP contribution is -3.18. The number of quaternary nitrogens is 1. The minimum absolute atomic E-state index is 0. The van der Waals surface area contributed by atoms with Crippen molar-refractivity contribution in [2.24, 2.45) is 0 Å². The van der Waals surface area contributed by atoms with Crippen molar-refractivity contribution < 1.29 is 26.8 Å². The third-order valence-corrected chi connectivity index (χ3v) is 6.13. The third-order valence-electron chi connectivity index (χ3n) is 4.49. The van der Waals surface area contributed by atoms with Gasteiger partial charge in [-0.25, -0.2) is 6.57 Å². The van der Waals surface area contributed by atoms with E-state index < -0.39 is 4.87 Å². The number of thioether (sulfide) groups is 1. The Morgan fingerprint density at radius 2 is 1.82 bits per heavy atom. The van der Waals surface area contributed by atoms with Crippen LogP contribution in [0, 0.1) is 6.57 Å². The first-order valence-corrected chi connectivity index (χ1v) is 10.6. The van der Waals surface area contributed by atoms with Crippen molar-refractivity contribution in [2.45, 2.75) is 64.4 Å². The van der Waals surface area contributed by atoms with Gasteiger partial charge in [0, 0.05) is 13.3 Å². The molecule has 0 amide bonds. The molecule has 0 heterocycles. The molecule has 0 aromatic heterocycles.